The Labute approximate surface area is 319 Å². The highest BCUT2D eigenvalue weighted by Crippen LogP contribution is 2.38. The molecule has 10 rings (SSSR count). The Morgan fingerprint density at radius 2 is 0.673 bits per heavy atom. The number of hydrogen-bond acceptors (Lipinski definition) is 3. The minimum absolute atomic E-state index is 1.10. The Kier molecular flexibility index (Phi) is 8.12. The number of nitrogens with zero attached hydrogens (tertiary/aromatic N) is 4. The third-order valence-electron chi connectivity index (χ3n) is 10.4. The van der Waals surface area contributed by atoms with Gasteiger partial charge < -0.3 is 4.57 Å². The molecule has 4 nitrogen and oxygen atoms in total. The van der Waals surface area contributed by atoms with Crippen molar-refractivity contribution in [2.75, 3.05) is 0 Å². The molecule has 0 saturated heterocycles. The van der Waals surface area contributed by atoms with Gasteiger partial charge >= 0.3 is 0 Å². The van der Waals surface area contributed by atoms with Gasteiger partial charge in [0.15, 0.2) is 0 Å². The fourth-order valence-electron chi connectivity index (χ4n) is 7.75. The first-order valence-corrected chi connectivity index (χ1v) is 18.5. The average Bonchev–Trinajstić information content (AvgIpc) is 3.61. The van der Waals surface area contributed by atoms with Crippen LogP contribution in [0.3, 0.4) is 0 Å². The molecule has 0 saturated carbocycles. The Morgan fingerprint density at radius 1 is 0.273 bits per heavy atom. The molecule has 258 valence electrons. The summed E-state index contributed by atoms with van der Waals surface area (Å²) in [4.78, 5) is 13.2. The molecule has 0 aliphatic carbocycles. The number of fused-ring (bicyclic) bond motifs is 3. The Hall–Kier alpha value is -7.43. The first-order chi connectivity index (χ1) is 27.2. The first-order valence-electron chi connectivity index (χ1n) is 18.5. The lowest BCUT2D eigenvalue weighted by Gasteiger charge is -2.15. The van der Waals surface area contributed by atoms with Gasteiger partial charge in [-0.25, -0.2) is 0 Å². The summed E-state index contributed by atoms with van der Waals surface area (Å²) in [6, 6.07) is 61.0. The Morgan fingerprint density at radius 3 is 1.16 bits per heavy atom. The molecule has 4 heteroatoms. The van der Waals surface area contributed by atoms with Gasteiger partial charge in [0, 0.05) is 64.8 Å². The molecule has 4 aromatic heterocycles. The fourth-order valence-corrected chi connectivity index (χ4v) is 7.75. The summed E-state index contributed by atoms with van der Waals surface area (Å²) in [7, 11) is 0. The highest BCUT2D eigenvalue weighted by atomic mass is 15.0. The van der Waals surface area contributed by atoms with E-state index in [9.17, 15) is 0 Å². The average molecular weight is 703 g/mol. The van der Waals surface area contributed by atoms with Crippen molar-refractivity contribution in [3.05, 3.63) is 207 Å². The van der Waals surface area contributed by atoms with Gasteiger partial charge in [0.1, 0.15) is 0 Å². The van der Waals surface area contributed by atoms with Crippen molar-refractivity contribution in [2.24, 2.45) is 0 Å². The zero-order valence-corrected chi connectivity index (χ0v) is 29.9. The zero-order valence-electron chi connectivity index (χ0n) is 29.9. The van der Waals surface area contributed by atoms with Gasteiger partial charge in [-0.15, -0.1) is 0 Å². The van der Waals surface area contributed by atoms with Gasteiger partial charge in [0.2, 0.25) is 0 Å². The molecule has 0 aliphatic heterocycles. The number of aromatic nitrogens is 4. The van der Waals surface area contributed by atoms with Crippen LogP contribution in [0.4, 0.5) is 0 Å². The van der Waals surface area contributed by atoms with Crippen LogP contribution in [0.2, 0.25) is 0 Å². The van der Waals surface area contributed by atoms with Gasteiger partial charge in [0.05, 0.1) is 11.0 Å². The van der Waals surface area contributed by atoms with E-state index in [2.05, 4.69) is 177 Å². The zero-order chi connectivity index (χ0) is 36.6. The molecule has 0 spiro atoms. The molecule has 55 heavy (non-hydrogen) atoms. The van der Waals surface area contributed by atoms with Gasteiger partial charge in [-0.2, -0.15) is 0 Å². The van der Waals surface area contributed by atoms with Crippen LogP contribution in [-0.2, 0) is 0 Å². The van der Waals surface area contributed by atoms with Crippen LogP contribution >= 0.6 is 0 Å². The normalized spacial score (nSPS) is 11.3. The summed E-state index contributed by atoms with van der Waals surface area (Å²) in [5.74, 6) is 0. The summed E-state index contributed by atoms with van der Waals surface area (Å²) >= 11 is 0. The van der Waals surface area contributed by atoms with Crippen LogP contribution in [0.5, 0.6) is 0 Å². The van der Waals surface area contributed by atoms with Crippen molar-refractivity contribution < 1.29 is 0 Å². The van der Waals surface area contributed by atoms with E-state index >= 15 is 0 Å². The SMILES string of the molecule is c1cncc(-c2cccc(-c3cccc(-c4cc(-c5cccc(-c6cccc(-c7cccnc7)c6)c5)cc(-n5c6ccccc6c6cnccc65)c4)c3)c2)c1. The standard InChI is InChI=1S/C51H34N4/c1-2-20-50-48(19-1)49-34-54-24-21-51(49)55(50)47-30-45(41-15-5-11-37(27-41)35-9-3-13-39(25-35)43-17-7-22-52-32-43)29-46(31-47)42-16-6-12-38(28-42)36-10-4-14-40(26-36)44-18-8-23-53-33-44/h1-34H. The number of para-hydroxylation sites is 1. The summed E-state index contributed by atoms with van der Waals surface area (Å²) < 4.78 is 2.38. The highest BCUT2D eigenvalue weighted by molar-refractivity contribution is 6.09. The molecule has 6 aromatic carbocycles. The first kappa shape index (κ1) is 32.2. The monoisotopic (exact) mass is 702 g/mol. The molecule has 0 atom stereocenters. The quantitative estimate of drug-likeness (QED) is 0.166. The van der Waals surface area contributed by atoms with Crippen molar-refractivity contribution >= 4 is 21.8 Å². The van der Waals surface area contributed by atoms with Crippen molar-refractivity contribution in [1.82, 2.24) is 19.5 Å². The summed E-state index contributed by atoms with van der Waals surface area (Å²) in [6.45, 7) is 0. The van der Waals surface area contributed by atoms with E-state index in [0.29, 0.717) is 0 Å². The lowest BCUT2D eigenvalue weighted by molar-refractivity contribution is 1.18. The Balaban J connectivity index is 1.13. The minimum Gasteiger partial charge on any atom is -0.309 e. The summed E-state index contributed by atoms with van der Waals surface area (Å²) in [6.07, 6.45) is 11.3. The topological polar surface area (TPSA) is 43.6 Å². The molecule has 0 N–H and O–H groups in total. The number of rotatable bonds is 7. The van der Waals surface area contributed by atoms with Crippen LogP contribution in [0.15, 0.2) is 207 Å². The number of hydrogen-bond donors (Lipinski definition) is 0. The smallest absolute Gasteiger partial charge is 0.0571 e. The van der Waals surface area contributed by atoms with E-state index in [0.717, 1.165) is 88.9 Å². The molecular weight excluding hydrogens is 669 g/mol. The Bertz CT molecular complexity index is 2780. The van der Waals surface area contributed by atoms with E-state index in [1.54, 1.807) is 0 Å². The maximum atomic E-state index is 4.51. The summed E-state index contributed by atoms with van der Waals surface area (Å²) in [5.41, 5.74) is 17.1. The van der Waals surface area contributed by atoms with Gasteiger partial charge in [0.25, 0.3) is 0 Å². The molecule has 0 fully saturated rings. The van der Waals surface area contributed by atoms with Crippen molar-refractivity contribution in [1.29, 1.82) is 0 Å². The highest BCUT2D eigenvalue weighted by Gasteiger charge is 2.15. The second-order valence-corrected chi connectivity index (χ2v) is 13.8. The van der Waals surface area contributed by atoms with Gasteiger partial charge in [-0.05, 0) is 122 Å². The third kappa shape index (κ3) is 6.16. The van der Waals surface area contributed by atoms with Crippen LogP contribution in [0, 0.1) is 0 Å². The van der Waals surface area contributed by atoms with Crippen LogP contribution in [0.25, 0.3) is 94.3 Å². The largest absolute Gasteiger partial charge is 0.309 e. The van der Waals surface area contributed by atoms with Gasteiger partial charge in [-0.1, -0.05) is 103 Å². The maximum absolute atomic E-state index is 4.51. The molecule has 0 unspecified atom stereocenters. The lowest BCUT2D eigenvalue weighted by atomic mass is 9.93. The maximum Gasteiger partial charge on any atom is 0.0571 e. The number of pyridine rings is 3. The molecule has 0 radical (unpaired) electrons. The lowest BCUT2D eigenvalue weighted by Crippen LogP contribution is -1.96. The van der Waals surface area contributed by atoms with E-state index in [1.165, 1.54) is 5.39 Å². The fraction of sp³-hybridized carbons (Fsp3) is 0. The van der Waals surface area contributed by atoms with E-state index in [1.807, 2.05) is 49.3 Å². The molecule has 0 amide bonds. The summed E-state index contributed by atoms with van der Waals surface area (Å²) in [5, 5.41) is 2.32. The molecule has 4 heterocycles. The predicted octanol–water partition coefficient (Wildman–Crippen LogP) is 13.0. The minimum atomic E-state index is 1.10. The third-order valence-corrected chi connectivity index (χ3v) is 10.4. The van der Waals surface area contributed by atoms with Gasteiger partial charge in [-0.3, -0.25) is 15.0 Å². The van der Waals surface area contributed by atoms with Crippen molar-refractivity contribution in [3.63, 3.8) is 0 Å². The molecule has 0 bridgehead atoms. The molecule has 10 aromatic rings. The van der Waals surface area contributed by atoms with Crippen LogP contribution in [-0.4, -0.2) is 19.5 Å². The van der Waals surface area contributed by atoms with E-state index < -0.39 is 0 Å². The number of benzene rings is 6. The second kappa shape index (κ2) is 13.8. The second-order valence-electron chi connectivity index (χ2n) is 13.8. The van der Waals surface area contributed by atoms with Crippen LogP contribution < -0.4 is 0 Å². The molecule has 0 aliphatic rings. The van der Waals surface area contributed by atoms with Crippen LogP contribution in [0.1, 0.15) is 0 Å². The van der Waals surface area contributed by atoms with E-state index in [-0.39, 0.29) is 0 Å². The van der Waals surface area contributed by atoms with Crippen molar-refractivity contribution in [2.45, 2.75) is 0 Å². The predicted molar refractivity (Wildman–Crippen MR) is 227 cm³/mol. The molecular formula is C51H34N4. The van der Waals surface area contributed by atoms with E-state index in [4.69, 9.17) is 0 Å². The van der Waals surface area contributed by atoms with Crippen molar-refractivity contribution in [3.8, 4) is 72.4 Å².